The fraction of sp³-hybridized carbons (Fsp3) is 0.500. The molecule has 0 unspecified atom stereocenters. The molecule has 1 aromatic heterocycles. The van der Waals surface area contributed by atoms with Crippen molar-refractivity contribution in [1.82, 2.24) is 4.98 Å². The van der Waals surface area contributed by atoms with Gasteiger partial charge in [-0.2, -0.15) is 0 Å². The second kappa shape index (κ2) is 3.94. The summed E-state index contributed by atoms with van der Waals surface area (Å²) in [6, 6.07) is 1.78. The van der Waals surface area contributed by atoms with Gasteiger partial charge in [-0.15, -0.1) is 0 Å². The van der Waals surface area contributed by atoms with Gasteiger partial charge in [-0.05, 0) is 25.0 Å². The Morgan fingerprint density at radius 1 is 1.43 bits per heavy atom. The molecule has 2 rings (SSSR count). The molecule has 1 fully saturated rings. The lowest BCUT2D eigenvalue weighted by Gasteiger charge is -2.24. The molecule has 0 aliphatic carbocycles. The lowest BCUT2D eigenvalue weighted by atomic mass is 10.1. The molecule has 2 N–H and O–H groups in total. The average molecular weight is 194 g/mol. The number of pyridine rings is 1. The number of anilines is 1. The fourth-order valence-electron chi connectivity index (χ4n) is 1.45. The van der Waals surface area contributed by atoms with Crippen molar-refractivity contribution in [1.29, 1.82) is 0 Å². The van der Waals surface area contributed by atoms with Crippen LogP contribution in [0.3, 0.4) is 0 Å². The summed E-state index contributed by atoms with van der Waals surface area (Å²) in [7, 11) is 0. The van der Waals surface area contributed by atoms with Crippen LogP contribution in [-0.2, 0) is 9.47 Å². The molecule has 76 valence electrons. The van der Waals surface area contributed by atoms with Crippen molar-refractivity contribution in [2.24, 2.45) is 0 Å². The van der Waals surface area contributed by atoms with Gasteiger partial charge >= 0.3 is 0 Å². The van der Waals surface area contributed by atoms with E-state index in [0.29, 0.717) is 0 Å². The molecule has 0 aromatic carbocycles. The van der Waals surface area contributed by atoms with Gasteiger partial charge in [0.1, 0.15) is 5.69 Å². The molecule has 4 nitrogen and oxygen atoms in total. The Morgan fingerprint density at radius 3 is 2.86 bits per heavy atom. The van der Waals surface area contributed by atoms with Crippen LogP contribution in [-0.4, -0.2) is 18.2 Å². The first-order chi connectivity index (χ1) is 6.79. The smallest absolute Gasteiger partial charge is 0.201 e. The minimum Gasteiger partial charge on any atom is -0.398 e. The summed E-state index contributed by atoms with van der Waals surface area (Å²) in [6.45, 7) is 3.38. The Bertz CT molecular complexity index is 322. The zero-order valence-electron chi connectivity index (χ0n) is 8.19. The Hall–Kier alpha value is -1.13. The number of nitrogen functional groups attached to an aromatic ring is 1. The van der Waals surface area contributed by atoms with Crippen LogP contribution >= 0.6 is 0 Å². The predicted octanol–water partition coefficient (Wildman–Crippen LogP) is 1.41. The minimum atomic E-state index is -0.341. The topological polar surface area (TPSA) is 57.4 Å². The van der Waals surface area contributed by atoms with E-state index in [-0.39, 0.29) is 6.29 Å². The second-order valence-electron chi connectivity index (χ2n) is 3.34. The number of nitrogens with zero attached hydrogens (tertiary/aromatic N) is 1. The largest absolute Gasteiger partial charge is 0.398 e. The molecule has 0 bridgehead atoms. The number of nitrogens with two attached hydrogens (primary N) is 1. The molecular formula is C10H14N2O2. The first-order valence-corrected chi connectivity index (χ1v) is 4.73. The van der Waals surface area contributed by atoms with Gasteiger partial charge in [0.05, 0.1) is 13.2 Å². The van der Waals surface area contributed by atoms with E-state index in [1.165, 1.54) is 0 Å². The van der Waals surface area contributed by atoms with E-state index in [9.17, 15) is 0 Å². The van der Waals surface area contributed by atoms with Crippen molar-refractivity contribution < 1.29 is 9.47 Å². The van der Waals surface area contributed by atoms with Crippen molar-refractivity contribution in [2.45, 2.75) is 19.6 Å². The van der Waals surface area contributed by atoms with Gasteiger partial charge in [0.15, 0.2) is 0 Å². The van der Waals surface area contributed by atoms with Crippen LogP contribution in [0.15, 0.2) is 12.3 Å². The highest BCUT2D eigenvalue weighted by Gasteiger charge is 2.20. The van der Waals surface area contributed by atoms with E-state index in [0.717, 1.165) is 36.6 Å². The van der Waals surface area contributed by atoms with Gasteiger partial charge in [-0.25, -0.2) is 0 Å². The van der Waals surface area contributed by atoms with Crippen molar-refractivity contribution in [3.8, 4) is 0 Å². The Balaban J connectivity index is 2.26. The summed E-state index contributed by atoms with van der Waals surface area (Å²) < 4.78 is 10.9. The van der Waals surface area contributed by atoms with Gasteiger partial charge in [-0.1, -0.05) is 0 Å². The van der Waals surface area contributed by atoms with Gasteiger partial charge in [0, 0.05) is 11.9 Å². The summed E-state index contributed by atoms with van der Waals surface area (Å²) in [4.78, 5) is 4.23. The number of hydrogen-bond donors (Lipinski definition) is 1. The van der Waals surface area contributed by atoms with Crippen molar-refractivity contribution >= 4 is 5.69 Å². The van der Waals surface area contributed by atoms with Crippen molar-refractivity contribution in [3.63, 3.8) is 0 Å². The van der Waals surface area contributed by atoms with Crippen molar-refractivity contribution in [2.75, 3.05) is 18.9 Å². The average Bonchev–Trinajstić information content (AvgIpc) is 2.23. The zero-order chi connectivity index (χ0) is 9.97. The molecule has 1 aromatic rings. The Kier molecular flexibility index (Phi) is 2.65. The van der Waals surface area contributed by atoms with E-state index >= 15 is 0 Å². The molecule has 0 radical (unpaired) electrons. The zero-order valence-corrected chi connectivity index (χ0v) is 8.19. The number of hydrogen-bond acceptors (Lipinski definition) is 4. The maximum absolute atomic E-state index is 5.78. The SMILES string of the molecule is Cc1c(N)ccnc1C1OCCCO1. The highest BCUT2D eigenvalue weighted by molar-refractivity contribution is 5.47. The third-order valence-corrected chi connectivity index (χ3v) is 2.34. The van der Waals surface area contributed by atoms with Crippen LogP contribution in [0, 0.1) is 6.92 Å². The van der Waals surface area contributed by atoms with Crippen LogP contribution < -0.4 is 5.73 Å². The number of aromatic nitrogens is 1. The third-order valence-electron chi connectivity index (χ3n) is 2.34. The maximum Gasteiger partial charge on any atom is 0.201 e. The highest BCUT2D eigenvalue weighted by Crippen LogP contribution is 2.25. The monoisotopic (exact) mass is 194 g/mol. The summed E-state index contributed by atoms with van der Waals surface area (Å²) in [5, 5.41) is 0. The molecule has 0 atom stereocenters. The quantitative estimate of drug-likeness (QED) is 0.734. The lowest BCUT2D eigenvalue weighted by molar-refractivity contribution is -0.185. The number of rotatable bonds is 1. The first kappa shape index (κ1) is 9.43. The molecule has 1 aliphatic heterocycles. The Labute approximate surface area is 83.0 Å². The van der Waals surface area contributed by atoms with E-state index in [1.807, 2.05) is 6.92 Å². The maximum atomic E-state index is 5.78. The third kappa shape index (κ3) is 1.71. The van der Waals surface area contributed by atoms with E-state index in [2.05, 4.69) is 4.98 Å². The summed E-state index contributed by atoms with van der Waals surface area (Å²) in [5.41, 5.74) is 8.25. The van der Waals surface area contributed by atoms with Crippen LogP contribution in [0.2, 0.25) is 0 Å². The van der Waals surface area contributed by atoms with E-state index in [1.54, 1.807) is 12.3 Å². The van der Waals surface area contributed by atoms with Gasteiger partial charge < -0.3 is 15.2 Å². The number of ether oxygens (including phenoxy) is 2. The van der Waals surface area contributed by atoms with Gasteiger partial charge in [0.25, 0.3) is 0 Å². The molecule has 0 spiro atoms. The molecule has 14 heavy (non-hydrogen) atoms. The molecule has 1 saturated heterocycles. The van der Waals surface area contributed by atoms with E-state index < -0.39 is 0 Å². The lowest BCUT2D eigenvalue weighted by Crippen LogP contribution is -2.19. The normalized spacial score (nSPS) is 18.4. The van der Waals surface area contributed by atoms with Gasteiger partial charge in [0.2, 0.25) is 6.29 Å². The van der Waals surface area contributed by atoms with Crippen molar-refractivity contribution in [3.05, 3.63) is 23.5 Å². The molecule has 0 saturated carbocycles. The fourth-order valence-corrected chi connectivity index (χ4v) is 1.45. The molecular weight excluding hydrogens is 180 g/mol. The van der Waals surface area contributed by atoms with Crippen LogP contribution in [0.25, 0.3) is 0 Å². The standard InChI is InChI=1S/C10H14N2O2/c1-7-8(11)3-4-12-9(7)10-13-5-2-6-14-10/h3-4,10H,2,5-6H2,1H3,(H2,11,12). The highest BCUT2D eigenvalue weighted by atomic mass is 16.7. The van der Waals surface area contributed by atoms with E-state index in [4.69, 9.17) is 15.2 Å². The van der Waals surface area contributed by atoms with Gasteiger partial charge in [-0.3, -0.25) is 4.98 Å². The van der Waals surface area contributed by atoms with Crippen LogP contribution in [0.1, 0.15) is 24.0 Å². The van der Waals surface area contributed by atoms with Crippen LogP contribution in [0.5, 0.6) is 0 Å². The first-order valence-electron chi connectivity index (χ1n) is 4.73. The molecule has 4 heteroatoms. The second-order valence-corrected chi connectivity index (χ2v) is 3.34. The molecule has 0 amide bonds. The summed E-state index contributed by atoms with van der Waals surface area (Å²) in [6.07, 6.45) is 2.28. The minimum absolute atomic E-state index is 0.341. The van der Waals surface area contributed by atoms with Crippen LogP contribution in [0.4, 0.5) is 5.69 Å². The molecule has 1 aliphatic rings. The molecule has 2 heterocycles. The Morgan fingerprint density at radius 2 is 2.14 bits per heavy atom. The predicted molar refractivity (Wildman–Crippen MR) is 52.6 cm³/mol. The summed E-state index contributed by atoms with van der Waals surface area (Å²) in [5.74, 6) is 0. The summed E-state index contributed by atoms with van der Waals surface area (Å²) >= 11 is 0.